The van der Waals surface area contributed by atoms with Crippen molar-refractivity contribution < 1.29 is 0 Å². The van der Waals surface area contributed by atoms with E-state index in [1.54, 1.807) is 0 Å². The maximum absolute atomic E-state index is 5.53. The SMILES string of the molecule is NCCCCCN1CCC2(CCCCC2)CC1. The molecule has 2 nitrogen and oxygen atoms in total. The van der Waals surface area contributed by atoms with Crippen molar-refractivity contribution in [2.24, 2.45) is 11.1 Å². The summed E-state index contributed by atoms with van der Waals surface area (Å²) in [4.78, 5) is 2.69. The summed E-state index contributed by atoms with van der Waals surface area (Å²) in [5.41, 5.74) is 6.30. The molecule has 2 heteroatoms. The molecule has 1 heterocycles. The average Bonchev–Trinajstić information content (AvgIpc) is 2.38. The Morgan fingerprint density at radius 2 is 1.53 bits per heavy atom. The van der Waals surface area contributed by atoms with Crippen LogP contribution in [0.25, 0.3) is 0 Å². The van der Waals surface area contributed by atoms with Gasteiger partial charge in [-0.15, -0.1) is 0 Å². The minimum absolute atomic E-state index is 0.770. The molecule has 2 aliphatic rings. The predicted molar refractivity (Wildman–Crippen MR) is 74.1 cm³/mol. The van der Waals surface area contributed by atoms with Crippen LogP contribution >= 0.6 is 0 Å². The molecule has 2 N–H and O–H groups in total. The van der Waals surface area contributed by atoms with Crippen molar-refractivity contribution >= 4 is 0 Å². The van der Waals surface area contributed by atoms with Crippen LogP contribution in [0, 0.1) is 5.41 Å². The lowest BCUT2D eigenvalue weighted by Gasteiger charge is -2.44. The van der Waals surface area contributed by atoms with Gasteiger partial charge in [0.2, 0.25) is 0 Å². The molecule has 0 radical (unpaired) electrons. The molecular formula is C15H30N2. The molecule has 1 saturated carbocycles. The molecule has 2 rings (SSSR count). The highest BCUT2D eigenvalue weighted by atomic mass is 15.1. The van der Waals surface area contributed by atoms with Gasteiger partial charge in [-0.25, -0.2) is 0 Å². The van der Waals surface area contributed by atoms with Crippen molar-refractivity contribution in [3.05, 3.63) is 0 Å². The lowest BCUT2D eigenvalue weighted by molar-refractivity contribution is 0.0670. The third-order valence-electron chi connectivity index (χ3n) is 5.01. The van der Waals surface area contributed by atoms with E-state index in [2.05, 4.69) is 4.90 Å². The molecule has 0 bridgehead atoms. The number of unbranched alkanes of at least 4 members (excludes halogenated alkanes) is 2. The minimum atomic E-state index is 0.770. The zero-order chi connectivity index (χ0) is 12.0. The van der Waals surface area contributed by atoms with Gasteiger partial charge in [0, 0.05) is 0 Å². The van der Waals surface area contributed by atoms with Crippen LogP contribution in [0.3, 0.4) is 0 Å². The number of rotatable bonds is 5. The summed E-state index contributed by atoms with van der Waals surface area (Å²) >= 11 is 0. The van der Waals surface area contributed by atoms with Crippen LogP contribution in [0.2, 0.25) is 0 Å². The fraction of sp³-hybridized carbons (Fsp3) is 1.00. The second-order valence-electron chi connectivity index (χ2n) is 6.25. The van der Waals surface area contributed by atoms with Crippen molar-refractivity contribution in [3.63, 3.8) is 0 Å². The smallest absolute Gasteiger partial charge is 0.00134 e. The van der Waals surface area contributed by atoms with E-state index in [0.717, 1.165) is 12.0 Å². The first kappa shape index (κ1) is 13.4. The molecule has 1 spiro atoms. The van der Waals surface area contributed by atoms with E-state index in [-0.39, 0.29) is 0 Å². The van der Waals surface area contributed by atoms with Crippen LogP contribution in [0.1, 0.15) is 64.2 Å². The number of nitrogens with two attached hydrogens (primary N) is 1. The number of hydrogen-bond acceptors (Lipinski definition) is 2. The molecule has 0 unspecified atom stereocenters. The van der Waals surface area contributed by atoms with E-state index >= 15 is 0 Å². The summed E-state index contributed by atoms with van der Waals surface area (Å²) in [6.07, 6.45) is 14.4. The predicted octanol–water partition coefficient (Wildman–Crippen LogP) is 3.16. The first-order valence-corrected chi connectivity index (χ1v) is 7.77. The summed E-state index contributed by atoms with van der Waals surface area (Å²) in [5.74, 6) is 0. The molecule has 0 aromatic heterocycles. The van der Waals surface area contributed by atoms with E-state index < -0.39 is 0 Å². The maximum Gasteiger partial charge on any atom is -0.00134 e. The highest BCUT2D eigenvalue weighted by molar-refractivity contribution is 4.88. The van der Waals surface area contributed by atoms with Crippen molar-refractivity contribution in [2.75, 3.05) is 26.2 Å². The van der Waals surface area contributed by atoms with Crippen LogP contribution in [0.15, 0.2) is 0 Å². The number of nitrogens with zero attached hydrogens (tertiary/aromatic N) is 1. The van der Waals surface area contributed by atoms with Crippen LogP contribution in [-0.2, 0) is 0 Å². The van der Waals surface area contributed by atoms with Gasteiger partial charge in [-0.2, -0.15) is 0 Å². The summed E-state index contributed by atoms with van der Waals surface area (Å²) in [6.45, 7) is 4.91. The fourth-order valence-corrected chi connectivity index (χ4v) is 3.71. The largest absolute Gasteiger partial charge is 0.330 e. The Morgan fingerprint density at radius 1 is 0.824 bits per heavy atom. The standard InChI is InChI=1S/C15H30N2/c16-11-5-2-6-12-17-13-9-15(10-14-17)7-3-1-4-8-15/h1-14,16H2. The van der Waals surface area contributed by atoms with Crippen LogP contribution < -0.4 is 5.73 Å². The van der Waals surface area contributed by atoms with Crippen molar-refractivity contribution in [3.8, 4) is 0 Å². The van der Waals surface area contributed by atoms with E-state index in [1.165, 1.54) is 83.8 Å². The van der Waals surface area contributed by atoms with Crippen molar-refractivity contribution in [1.29, 1.82) is 0 Å². The van der Waals surface area contributed by atoms with Gasteiger partial charge in [0.1, 0.15) is 0 Å². The molecule has 1 aliphatic heterocycles. The van der Waals surface area contributed by atoms with Crippen molar-refractivity contribution in [1.82, 2.24) is 4.90 Å². The lowest BCUT2D eigenvalue weighted by Crippen LogP contribution is -2.41. The molecular weight excluding hydrogens is 208 g/mol. The lowest BCUT2D eigenvalue weighted by atomic mass is 9.68. The molecule has 100 valence electrons. The topological polar surface area (TPSA) is 29.3 Å². The van der Waals surface area contributed by atoms with Gasteiger partial charge in [-0.05, 0) is 70.1 Å². The maximum atomic E-state index is 5.53. The van der Waals surface area contributed by atoms with E-state index in [9.17, 15) is 0 Å². The first-order valence-electron chi connectivity index (χ1n) is 7.77. The Kier molecular flexibility index (Phi) is 5.30. The molecule has 0 atom stereocenters. The molecule has 17 heavy (non-hydrogen) atoms. The number of likely N-dealkylation sites (tertiary alicyclic amines) is 1. The monoisotopic (exact) mass is 238 g/mol. The number of hydrogen-bond donors (Lipinski definition) is 1. The second kappa shape index (κ2) is 6.75. The minimum Gasteiger partial charge on any atom is -0.330 e. The highest BCUT2D eigenvalue weighted by Gasteiger charge is 2.34. The van der Waals surface area contributed by atoms with Gasteiger partial charge in [0.05, 0.1) is 0 Å². The quantitative estimate of drug-likeness (QED) is 0.746. The van der Waals surface area contributed by atoms with E-state index in [0.29, 0.717) is 0 Å². The zero-order valence-corrected chi connectivity index (χ0v) is 11.4. The Balaban J connectivity index is 1.63. The van der Waals surface area contributed by atoms with Crippen LogP contribution in [0.4, 0.5) is 0 Å². The Labute approximate surface area is 107 Å². The summed E-state index contributed by atoms with van der Waals surface area (Å²) in [5, 5.41) is 0. The summed E-state index contributed by atoms with van der Waals surface area (Å²) < 4.78 is 0. The fourth-order valence-electron chi connectivity index (χ4n) is 3.71. The van der Waals surface area contributed by atoms with Gasteiger partial charge >= 0.3 is 0 Å². The van der Waals surface area contributed by atoms with Gasteiger partial charge in [0.15, 0.2) is 0 Å². The first-order chi connectivity index (χ1) is 8.35. The Bertz CT molecular complexity index is 199. The molecule has 1 aliphatic carbocycles. The Hall–Kier alpha value is -0.0800. The third kappa shape index (κ3) is 3.96. The molecule has 2 fully saturated rings. The highest BCUT2D eigenvalue weighted by Crippen LogP contribution is 2.44. The molecule has 0 aromatic carbocycles. The van der Waals surface area contributed by atoms with Crippen LogP contribution in [0.5, 0.6) is 0 Å². The zero-order valence-electron chi connectivity index (χ0n) is 11.4. The second-order valence-corrected chi connectivity index (χ2v) is 6.25. The average molecular weight is 238 g/mol. The summed E-state index contributed by atoms with van der Waals surface area (Å²) in [7, 11) is 0. The molecule has 0 aromatic rings. The van der Waals surface area contributed by atoms with Gasteiger partial charge in [-0.3, -0.25) is 0 Å². The van der Waals surface area contributed by atoms with E-state index in [1.807, 2.05) is 0 Å². The van der Waals surface area contributed by atoms with Gasteiger partial charge < -0.3 is 10.6 Å². The van der Waals surface area contributed by atoms with Crippen molar-refractivity contribution in [2.45, 2.75) is 64.2 Å². The van der Waals surface area contributed by atoms with Gasteiger partial charge in [-0.1, -0.05) is 25.7 Å². The number of piperidine rings is 1. The van der Waals surface area contributed by atoms with Gasteiger partial charge in [0.25, 0.3) is 0 Å². The summed E-state index contributed by atoms with van der Waals surface area (Å²) in [6, 6.07) is 0. The third-order valence-corrected chi connectivity index (χ3v) is 5.01. The molecule has 1 saturated heterocycles. The Morgan fingerprint density at radius 3 is 2.18 bits per heavy atom. The van der Waals surface area contributed by atoms with Crippen LogP contribution in [-0.4, -0.2) is 31.1 Å². The normalized spacial score (nSPS) is 25.2. The molecule has 0 amide bonds. The van der Waals surface area contributed by atoms with E-state index in [4.69, 9.17) is 5.73 Å².